The van der Waals surface area contributed by atoms with Crippen molar-refractivity contribution in [3.8, 4) is 11.6 Å². The zero-order chi connectivity index (χ0) is 18.0. The molecule has 3 rings (SSSR count). The van der Waals surface area contributed by atoms with E-state index in [1.54, 1.807) is 34.9 Å². The minimum absolute atomic E-state index is 0.0254. The molecule has 0 unspecified atom stereocenters. The van der Waals surface area contributed by atoms with E-state index < -0.39 is 0 Å². The molecule has 0 bridgehead atoms. The fourth-order valence-electron chi connectivity index (χ4n) is 2.45. The van der Waals surface area contributed by atoms with E-state index in [1.807, 2.05) is 13.0 Å². The topological polar surface area (TPSA) is 63.8 Å². The van der Waals surface area contributed by atoms with E-state index in [9.17, 15) is 9.90 Å². The third kappa shape index (κ3) is 3.47. The maximum Gasteiger partial charge on any atom is 0.277 e. The molecular weight excluding hydrogens is 356 g/mol. The van der Waals surface area contributed by atoms with Crippen LogP contribution in [0.2, 0.25) is 0 Å². The number of nitrogens with zero attached hydrogens (tertiary/aromatic N) is 2. The van der Waals surface area contributed by atoms with Crippen LogP contribution in [0.15, 0.2) is 41.4 Å². The van der Waals surface area contributed by atoms with Crippen molar-refractivity contribution in [3.63, 3.8) is 0 Å². The first-order chi connectivity index (χ1) is 12.0. The number of carbonyl (C=O) groups excluding carboxylic acids is 1. The normalized spacial score (nSPS) is 14.6. The summed E-state index contributed by atoms with van der Waals surface area (Å²) in [7, 11) is 0. The van der Waals surface area contributed by atoms with E-state index in [-0.39, 0.29) is 11.8 Å². The van der Waals surface area contributed by atoms with Gasteiger partial charge >= 0.3 is 0 Å². The van der Waals surface area contributed by atoms with Gasteiger partial charge in [0.15, 0.2) is 3.95 Å². The summed E-state index contributed by atoms with van der Waals surface area (Å²) >= 11 is 6.48. The van der Waals surface area contributed by atoms with Crippen molar-refractivity contribution in [2.75, 3.05) is 6.61 Å². The highest BCUT2D eigenvalue weighted by molar-refractivity contribution is 7.73. The summed E-state index contributed by atoms with van der Waals surface area (Å²) in [6, 6.07) is 5.38. The molecule has 0 fully saturated rings. The predicted octanol–water partition coefficient (Wildman–Crippen LogP) is 2.59. The monoisotopic (exact) mass is 372 g/mol. The van der Waals surface area contributed by atoms with Gasteiger partial charge < -0.3 is 9.84 Å². The van der Waals surface area contributed by atoms with Crippen molar-refractivity contribution in [1.29, 1.82) is 0 Å². The SMILES string of the molecule is C=CCn1c(O)c(/C=C2\C=c3cc(OCC)ccc3=NC2=O)sc1=S. The molecule has 0 atom stereocenters. The van der Waals surface area contributed by atoms with Gasteiger partial charge in [0.25, 0.3) is 5.91 Å². The summed E-state index contributed by atoms with van der Waals surface area (Å²) in [6.07, 6.45) is 5.00. The molecule has 1 aromatic heterocycles. The van der Waals surface area contributed by atoms with Crippen molar-refractivity contribution in [3.05, 3.63) is 55.8 Å². The molecule has 1 aromatic carbocycles. The first-order valence-corrected chi connectivity index (χ1v) is 8.88. The summed E-state index contributed by atoms with van der Waals surface area (Å²) in [5.74, 6) is 0.389. The van der Waals surface area contributed by atoms with Crippen molar-refractivity contribution < 1.29 is 14.6 Å². The van der Waals surface area contributed by atoms with Crippen molar-refractivity contribution in [1.82, 2.24) is 4.57 Å². The number of benzene rings is 1. The molecule has 2 aromatic rings. The molecule has 5 nitrogen and oxygen atoms in total. The number of aromatic nitrogens is 1. The third-order valence-electron chi connectivity index (χ3n) is 3.58. The van der Waals surface area contributed by atoms with Gasteiger partial charge in [-0.05, 0) is 49.5 Å². The molecule has 0 saturated heterocycles. The van der Waals surface area contributed by atoms with Crippen LogP contribution in [0.4, 0.5) is 0 Å². The zero-order valence-electron chi connectivity index (χ0n) is 13.6. The maximum atomic E-state index is 12.3. The number of hydrogen-bond acceptors (Lipinski definition) is 5. The van der Waals surface area contributed by atoms with Crippen LogP contribution in [0.3, 0.4) is 0 Å². The van der Waals surface area contributed by atoms with Gasteiger partial charge in [-0.25, -0.2) is 4.99 Å². The van der Waals surface area contributed by atoms with Crippen LogP contribution >= 0.6 is 23.6 Å². The average Bonchev–Trinajstić information content (AvgIpc) is 2.84. The van der Waals surface area contributed by atoms with E-state index in [4.69, 9.17) is 17.0 Å². The Hall–Kier alpha value is -2.51. The van der Waals surface area contributed by atoms with E-state index in [0.29, 0.717) is 32.9 Å². The number of rotatable bonds is 5. The highest BCUT2D eigenvalue weighted by Gasteiger charge is 2.15. The first-order valence-electron chi connectivity index (χ1n) is 7.66. The molecule has 1 aliphatic rings. The molecule has 0 spiro atoms. The van der Waals surface area contributed by atoms with Crippen molar-refractivity contribution in [2.45, 2.75) is 13.5 Å². The molecule has 2 heterocycles. The van der Waals surface area contributed by atoms with E-state index in [1.165, 1.54) is 11.3 Å². The third-order valence-corrected chi connectivity index (χ3v) is 4.97. The Labute approximate surface area is 153 Å². The van der Waals surface area contributed by atoms with E-state index >= 15 is 0 Å². The molecule has 128 valence electrons. The number of carbonyl (C=O) groups is 1. The Morgan fingerprint density at radius 3 is 3.00 bits per heavy atom. The Bertz CT molecular complexity index is 1060. The molecule has 0 radical (unpaired) electrons. The lowest BCUT2D eigenvalue weighted by Crippen LogP contribution is -2.30. The van der Waals surface area contributed by atoms with Gasteiger partial charge in [0, 0.05) is 17.3 Å². The average molecular weight is 372 g/mol. The predicted molar refractivity (Wildman–Crippen MR) is 101 cm³/mol. The number of allylic oxidation sites excluding steroid dienone is 1. The maximum absolute atomic E-state index is 12.3. The minimum atomic E-state index is -0.356. The number of hydrogen-bond donors (Lipinski definition) is 1. The van der Waals surface area contributed by atoms with E-state index in [0.717, 1.165) is 11.0 Å². The van der Waals surface area contributed by atoms with Crippen LogP contribution in [-0.2, 0) is 11.3 Å². The Morgan fingerprint density at radius 2 is 2.28 bits per heavy atom. The first kappa shape index (κ1) is 17.3. The van der Waals surface area contributed by atoms with Gasteiger partial charge in [0.2, 0.25) is 5.88 Å². The van der Waals surface area contributed by atoms with Crippen LogP contribution in [-0.4, -0.2) is 22.2 Å². The Kier molecular flexibility index (Phi) is 4.96. The molecule has 0 aliphatic carbocycles. The Morgan fingerprint density at radius 1 is 1.48 bits per heavy atom. The second-order valence-corrected chi connectivity index (χ2v) is 6.95. The number of aromatic hydroxyl groups is 1. The van der Waals surface area contributed by atoms with Crippen LogP contribution in [0.5, 0.6) is 11.6 Å². The highest BCUT2D eigenvalue weighted by Crippen LogP contribution is 2.29. The second-order valence-electron chi connectivity index (χ2n) is 5.27. The summed E-state index contributed by atoms with van der Waals surface area (Å²) in [6.45, 7) is 6.53. The molecule has 7 heteroatoms. The van der Waals surface area contributed by atoms with Crippen LogP contribution in [0.25, 0.3) is 12.2 Å². The number of ether oxygens (including phenoxy) is 1. The molecule has 0 saturated carbocycles. The zero-order valence-corrected chi connectivity index (χ0v) is 15.2. The molecular formula is C18H16N2O3S2. The quantitative estimate of drug-likeness (QED) is 0.498. The van der Waals surface area contributed by atoms with Gasteiger partial charge in [-0.3, -0.25) is 9.36 Å². The summed E-state index contributed by atoms with van der Waals surface area (Å²) < 4.78 is 7.56. The number of thiazole rings is 1. The standard InChI is InChI=1S/C18H16N2O3S2/c1-3-7-20-17(22)15(25-18(20)24)10-12-8-11-9-13(23-4-2)5-6-14(11)19-16(12)21/h3,5-6,8-10,22H,1,4,7H2,2H3/b12-10+. The van der Waals surface area contributed by atoms with Crippen LogP contribution in [0.1, 0.15) is 11.8 Å². The van der Waals surface area contributed by atoms with Crippen LogP contribution < -0.4 is 15.3 Å². The molecule has 1 aliphatic heterocycles. The summed E-state index contributed by atoms with van der Waals surface area (Å²) in [5, 5.41) is 11.7. The molecule has 25 heavy (non-hydrogen) atoms. The lowest BCUT2D eigenvalue weighted by atomic mass is 10.1. The van der Waals surface area contributed by atoms with Crippen LogP contribution in [0, 0.1) is 3.95 Å². The second kappa shape index (κ2) is 7.16. The summed E-state index contributed by atoms with van der Waals surface area (Å²) in [4.78, 5) is 16.9. The minimum Gasteiger partial charge on any atom is -0.494 e. The van der Waals surface area contributed by atoms with Gasteiger partial charge in [-0.2, -0.15) is 0 Å². The molecule has 1 N–H and O–H groups in total. The number of amides is 1. The van der Waals surface area contributed by atoms with Crippen molar-refractivity contribution >= 4 is 41.6 Å². The van der Waals surface area contributed by atoms with E-state index in [2.05, 4.69) is 11.6 Å². The largest absolute Gasteiger partial charge is 0.494 e. The van der Waals surface area contributed by atoms with Gasteiger partial charge in [0.05, 0.1) is 16.8 Å². The number of fused-ring (bicyclic) bond motifs is 1. The fourth-order valence-corrected chi connectivity index (χ4v) is 3.73. The van der Waals surface area contributed by atoms with Crippen molar-refractivity contribution in [2.24, 2.45) is 4.99 Å². The summed E-state index contributed by atoms with van der Waals surface area (Å²) in [5.41, 5.74) is 0.387. The van der Waals surface area contributed by atoms with Gasteiger partial charge in [0.1, 0.15) is 5.75 Å². The lowest BCUT2D eigenvalue weighted by molar-refractivity contribution is -0.114. The lowest BCUT2D eigenvalue weighted by Gasteiger charge is -2.06. The fraction of sp³-hybridized carbons (Fsp3) is 0.167. The molecule has 1 amide bonds. The van der Waals surface area contributed by atoms with Gasteiger partial charge in [-0.1, -0.05) is 6.08 Å². The van der Waals surface area contributed by atoms with Gasteiger partial charge in [-0.15, -0.1) is 17.9 Å². The smallest absolute Gasteiger partial charge is 0.277 e. The Balaban J connectivity index is 2.09. The highest BCUT2D eigenvalue weighted by atomic mass is 32.1.